The van der Waals surface area contributed by atoms with Crippen LogP contribution in [0.1, 0.15) is 38.7 Å². The van der Waals surface area contributed by atoms with Crippen LogP contribution < -0.4 is 15.2 Å². The van der Waals surface area contributed by atoms with E-state index in [-0.39, 0.29) is 18.1 Å². The van der Waals surface area contributed by atoms with E-state index in [4.69, 9.17) is 19.9 Å². The van der Waals surface area contributed by atoms with Gasteiger partial charge in [-0.25, -0.2) is 4.79 Å². The number of likely N-dealkylation sites (tertiary alicyclic amines) is 1. The van der Waals surface area contributed by atoms with Crippen LogP contribution in [0.5, 0.6) is 11.5 Å². The SMILES string of the molecule is COc1ccc(C2CC(N)CN(C(=O)OC(C)(C)C)C2)cc1OC. The van der Waals surface area contributed by atoms with Gasteiger partial charge >= 0.3 is 6.09 Å². The van der Waals surface area contributed by atoms with Crippen LogP contribution in [0.2, 0.25) is 0 Å². The molecule has 0 bridgehead atoms. The Morgan fingerprint density at radius 3 is 2.42 bits per heavy atom. The van der Waals surface area contributed by atoms with E-state index in [0.717, 1.165) is 12.0 Å². The molecule has 2 rings (SSSR count). The molecule has 0 radical (unpaired) electrons. The molecule has 134 valence electrons. The minimum atomic E-state index is -0.516. The Kier molecular flexibility index (Phi) is 5.59. The molecule has 0 spiro atoms. The number of ether oxygens (including phenoxy) is 3. The molecule has 1 fully saturated rings. The van der Waals surface area contributed by atoms with Gasteiger partial charge in [-0.1, -0.05) is 6.07 Å². The molecule has 0 saturated carbocycles. The van der Waals surface area contributed by atoms with E-state index in [2.05, 4.69) is 0 Å². The number of hydrogen-bond acceptors (Lipinski definition) is 5. The fraction of sp³-hybridized carbons (Fsp3) is 0.611. The number of methoxy groups -OCH3 is 2. The predicted octanol–water partition coefficient (Wildman–Crippen LogP) is 2.76. The summed E-state index contributed by atoms with van der Waals surface area (Å²) in [6.45, 7) is 6.68. The Hall–Kier alpha value is -1.95. The third-order valence-electron chi connectivity index (χ3n) is 4.01. The van der Waals surface area contributed by atoms with E-state index in [9.17, 15) is 4.79 Å². The molecule has 0 aromatic heterocycles. The number of rotatable bonds is 3. The molecule has 2 N–H and O–H groups in total. The molecule has 6 nitrogen and oxygen atoms in total. The highest BCUT2D eigenvalue weighted by Crippen LogP contribution is 2.34. The smallest absolute Gasteiger partial charge is 0.410 e. The maximum atomic E-state index is 12.4. The average Bonchev–Trinajstić information content (AvgIpc) is 2.52. The molecule has 1 aromatic carbocycles. The van der Waals surface area contributed by atoms with Crippen LogP contribution in [0.15, 0.2) is 18.2 Å². The zero-order valence-corrected chi connectivity index (χ0v) is 15.2. The first-order valence-electron chi connectivity index (χ1n) is 8.19. The second-order valence-corrected chi connectivity index (χ2v) is 7.19. The predicted molar refractivity (Wildman–Crippen MR) is 92.7 cm³/mol. The molecule has 24 heavy (non-hydrogen) atoms. The Balaban J connectivity index is 2.17. The molecule has 6 heteroatoms. The monoisotopic (exact) mass is 336 g/mol. The summed E-state index contributed by atoms with van der Waals surface area (Å²) >= 11 is 0. The van der Waals surface area contributed by atoms with Gasteiger partial charge in [-0.05, 0) is 44.9 Å². The van der Waals surface area contributed by atoms with Crippen molar-refractivity contribution >= 4 is 6.09 Å². The maximum Gasteiger partial charge on any atom is 0.410 e. The number of nitrogens with zero attached hydrogens (tertiary/aromatic N) is 1. The van der Waals surface area contributed by atoms with Crippen molar-refractivity contribution in [2.24, 2.45) is 5.73 Å². The normalized spacial score (nSPS) is 21.3. The summed E-state index contributed by atoms with van der Waals surface area (Å²) in [7, 11) is 3.22. The van der Waals surface area contributed by atoms with Gasteiger partial charge in [0.1, 0.15) is 5.60 Å². The molecule has 2 unspecified atom stereocenters. The van der Waals surface area contributed by atoms with E-state index in [1.54, 1.807) is 19.1 Å². The van der Waals surface area contributed by atoms with E-state index in [1.165, 1.54) is 0 Å². The van der Waals surface area contributed by atoms with Crippen molar-refractivity contribution in [2.75, 3.05) is 27.3 Å². The summed E-state index contributed by atoms with van der Waals surface area (Å²) in [5.41, 5.74) is 6.74. The lowest BCUT2D eigenvalue weighted by molar-refractivity contribution is 0.0180. The van der Waals surface area contributed by atoms with Crippen LogP contribution in [0.3, 0.4) is 0 Å². The van der Waals surface area contributed by atoms with Crippen molar-refractivity contribution in [1.29, 1.82) is 0 Å². The van der Waals surface area contributed by atoms with Crippen LogP contribution in [0, 0.1) is 0 Å². The molecule has 2 atom stereocenters. The van der Waals surface area contributed by atoms with Crippen molar-refractivity contribution in [3.8, 4) is 11.5 Å². The average molecular weight is 336 g/mol. The summed E-state index contributed by atoms with van der Waals surface area (Å²) in [5, 5.41) is 0. The number of piperidine rings is 1. The van der Waals surface area contributed by atoms with Gasteiger partial charge in [0, 0.05) is 25.0 Å². The van der Waals surface area contributed by atoms with Crippen molar-refractivity contribution in [1.82, 2.24) is 4.90 Å². The highest BCUT2D eigenvalue weighted by molar-refractivity contribution is 5.68. The standard InChI is InChI=1S/C18H28N2O4/c1-18(2,3)24-17(21)20-10-13(8-14(19)11-20)12-6-7-15(22-4)16(9-12)23-5/h6-7,9,13-14H,8,10-11,19H2,1-5H3. The highest BCUT2D eigenvalue weighted by Gasteiger charge is 2.32. The van der Waals surface area contributed by atoms with Crippen LogP contribution >= 0.6 is 0 Å². The van der Waals surface area contributed by atoms with Crippen LogP contribution in [-0.2, 0) is 4.74 Å². The lowest BCUT2D eigenvalue weighted by Gasteiger charge is -2.37. The zero-order chi connectivity index (χ0) is 17.9. The number of carbonyl (C=O) groups is 1. The fourth-order valence-corrected chi connectivity index (χ4v) is 2.96. The molecule has 1 aliphatic rings. The van der Waals surface area contributed by atoms with Gasteiger partial charge in [-0.2, -0.15) is 0 Å². The first-order chi connectivity index (χ1) is 11.2. The van der Waals surface area contributed by atoms with Crippen molar-refractivity contribution in [3.05, 3.63) is 23.8 Å². The van der Waals surface area contributed by atoms with Gasteiger partial charge in [-0.15, -0.1) is 0 Å². The molecular weight excluding hydrogens is 308 g/mol. The molecule has 1 aromatic rings. The minimum Gasteiger partial charge on any atom is -0.493 e. The van der Waals surface area contributed by atoms with Gasteiger partial charge in [-0.3, -0.25) is 0 Å². The molecular formula is C18H28N2O4. The lowest BCUT2D eigenvalue weighted by Crippen LogP contribution is -2.50. The first-order valence-corrected chi connectivity index (χ1v) is 8.19. The van der Waals surface area contributed by atoms with E-state index in [0.29, 0.717) is 24.6 Å². The summed E-state index contributed by atoms with van der Waals surface area (Å²) in [6, 6.07) is 5.75. The number of carbonyl (C=O) groups excluding carboxylic acids is 1. The Morgan fingerprint density at radius 1 is 1.17 bits per heavy atom. The third-order valence-corrected chi connectivity index (χ3v) is 4.01. The van der Waals surface area contributed by atoms with E-state index < -0.39 is 5.60 Å². The maximum absolute atomic E-state index is 12.4. The summed E-state index contributed by atoms with van der Waals surface area (Å²) < 4.78 is 16.1. The van der Waals surface area contributed by atoms with Crippen LogP contribution in [0.4, 0.5) is 4.79 Å². The number of hydrogen-bond donors (Lipinski definition) is 1. The first kappa shape index (κ1) is 18.4. The number of benzene rings is 1. The highest BCUT2D eigenvalue weighted by atomic mass is 16.6. The summed E-state index contributed by atoms with van der Waals surface area (Å²) in [6.07, 6.45) is 0.498. The van der Waals surface area contributed by atoms with E-state index in [1.807, 2.05) is 39.0 Å². The molecule has 1 aliphatic heterocycles. The zero-order valence-electron chi connectivity index (χ0n) is 15.2. The number of nitrogens with two attached hydrogens (primary N) is 1. The van der Waals surface area contributed by atoms with Gasteiger partial charge in [0.25, 0.3) is 0 Å². The van der Waals surface area contributed by atoms with Crippen molar-refractivity contribution in [3.63, 3.8) is 0 Å². The minimum absolute atomic E-state index is 0.0793. The Morgan fingerprint density at radius 2 is 1.83 bits per heavy atom. The largest absolute Gasteiger partial charge is 0.493 e. The quantitative estimate of drug-likeness (QED) is 0.919. The molecule has 1 amide bonds. The molecule has 1 saturated heterocycles. The second kappa shape index (κ2) is 7.30. The number of amides is 1. The lowest BCUT2D eigenvalue weighted by atomic mass is 9.88. The third kappa shape index (κ3) is 4.54. The second-order valence-electron chi connectivity index (χ2n) is 7.19. The van der Waals surface area contributed by atoms with E-state index >= 15 is 0 Å². The fourth-order valence-electron chi connectivity index (χ4n) is 2.96. The summed E-state index contributed by atoms with van der Waals surface area (Å²) in [4.78, 5) is 14.1. The topological polar surface area (TPSA) is 74.0 Å². The summed E-state index contributed by atoms with van der Waals surface area (Å²) in [5.74, 6) is 1.50. The molecule has 0 aliphatic carbocycles. The Labute approximate surface area is 143 Å². The van der Waals surface area contributed by atoms with Crippen LogP contribution in [-0.4, -0.2) is 49.9 Å². The van der Waals surface area contributed by atoms with Gasteiger partial charge in [0.2, 0.25) is 0 Å². The van der Waals surface area contributed by atoms with Crippen LogP contribution in [0.25, 0.3) is 0 Å². The van der Waals surface area contributed by atoms with Gasteiger partial charge in [0.15, 0.2) is 11.5 Å². The Bertz CT molecular complexity index is 583. The van der Waals surface area contributed by atoms with Gasteiger partial charge in [0.05, 0.1) is 14.2 Å². The molecule has 1 heterocycles. The van der Waals surface area contributed by atoms with Crippen molar-refractivity contribution < 1.29 is 19.0 Å². The van der Waals surface area contributed by atoms with Crippen molar-refractivity contribution in [2.45, 2.75) is 44.8 Å². The van der Waals surface area contributed by atoms with Gasteiger partial charge < -0.3 is 24.8 Å².